The summed E-state index contributed by atoms with van der Waals surface area (Å²) in [4.78, 5) is 0. The van der Waals surface area contributed by atoms with Crippen molar-refractivity contribution in [3.8, 4) is 0 Å². The van der Waals surface area contributed by atoms with Gasteiger partial charge in [0.25, 0.3) is 0 Å². The van der Waals surface area contributed by atoms with Crippen LogP contribution in [0.25, 0.3) is 0 Å². The van der Waals surface area contributed by atoms with E-state index >= 15 is 0 Å². The van der Waals surface area contributed by atoms with Crippen LogP contribution in [0.5, 0.6) is 0 Å². The van der Waals surface area contributed by atoms with Crippen molar-refractivity contribution in [2.45, 2.75) is 0 Å². The summed E-state index contributed by atoms with van der Waals surface area (Å²) in [5.74, 6) is 0. The minimum atomic E-state index is 0.0110. The molecule has 0 aromatic heterocycles. The van der Waals surface area contributed by atoms with Gasteiger partial charge in [-0.1, -0.05) is 69.6 Å². The molecule has 0 saturated carbocycles. The second-order valence-electron chi connectivity index (χ2n) is 1.30. The van der Waals surface area contributed by atoms with Gasteiger partial charge in [0, 0.05) is 0 Å². The van der Waals surface area contributed by atoms with Gasteiger partial charge in [-0.15, -0.1) is 0 Å². The fourth-order valence-electron chi connectivity index (χ4n) is 0.140. The summed E-state index contributed by atoms with van der Waals surface area (Å²) in [7, 11) is 3.55. The first-order valence-corrected chi connectivity index (χ1v) is 8.13. The van der Waals surface area contributed by atoms with Crippen molar-refractivity contribution in [3.05, 3.63) is 17.7 Å². The molecular formula is C4Cl6S3. The first kappa shape index (κ1) is 15.3. The van der Waals surface area contributed by atoms with Crippen molar-refractivity contribution in [2.75, 3.05) is 0 Å². The number of halogens is 6. The fraction of sp³-hybridized carbons (Fsp3) is 0. The highest BCUT2D eigenvalue weighted by atomic mass is 35.5. The van der Waals surface area contributed by atoms with E-state index < -0.39 is 0 Å². The van der Waals surface area contributed by atoms with Crippen molar-refractivity contribution in [1.82, 2.24) is 0 Å². The maximum absolute atomic E-state index is 5.60. The van der Waals surface area contributed by atoms with Crippen LogP contribution < -0.4 is 0 Å². The Labute approximate surface area is 117 Å². The molecule has 0 bridgehead atoms. The second kappa shape index (κ2) is 8.43. The molecule has 0 aliphatic rings. The van der Waals surface area contributed by atoms with Gasteiger partial charge in [0.2, 0.25) is 0 Å². The van der Waals surface area contributed by atoms with Crippen molar-refractivity contribution in [3.63, 3.8) is 0 Å². The largest absolute Gasteiger partial charge is 0.132 e. The summed E-state index contributed by atoms with van der Waals surface area (Å²) in [5.41, 5.74) is 0. The van der Waals surface area contributed by atoms with E-state index in [-0.39, 0.29) is 17.7 Å². The van der Waals surface area contributed by atoms with Gasteiger partial charge in [-0.3, -0.25) is 0 Å². The van der Waals surface area contributed by atoms with Gasteiger partial charge in [0.15, 0.2) is 0 Å². The summed E-state index contributed by atoms with van der Waals surface area (Å²) in [6.45, 7) is 0. The van der Waals surface area contributed by atoms with E-state index in [2.05, 4.69) is 0 Å². The molecule has 0 aromatic rings. The highest BCUT2D eigenvalue weighted by molar-refractivity contribution is 9.11. The summed E-state index contributed by atoms with van der Waals surface area (Å²) >= 11 is 32.7. The van der Waals surface area contributed by atoms with Crippen LogP contribution in [0.4, 0.5) is 0 Å². The van der Waals surface area contributed by atoms with E-state index in [0.29, 0.717) is 0 Å². The lowest BCUT2D eigenvalue weighted by Gasteiger charge is -1.97. The average Bonchev–Trinajstić information content (AvgIpc) is 2.03. The van der Waals surface area contributed by atoms with E-state index in [9.17, 15) is 0 Å². The van der Waals surface area contributed by atoms with E-state index in [1.807, 2.05) is 0 Å². The van der Waals surface area contributed by atoms with Crippen LogP contribution in [0.3, 0.4) is 0 Å². The maximum atomic E-state index is 5.60. The molecule has 0 aromatic carbocycles. The SMILES string of the molecule is ClC(Cl)=C(Cl)SSSC(Cl)=C(Cl)Cl. The predicted octanol–water partition coefficient (Wildman–Crippen LogP) is 6.70. The lowest BCUT2D eigenvalue weighted by Crippen LogP contribution is -1.59. The molecule has 76 valence electrons. The van der Waals surface area contributed by atoms with Gasteiger partial charge < -0.3 is 0 Å². The smallest absolute Gasteiger partial charge is 0.0732 e. The van der Waals surface area contributed by atoms with Crippen LogP contribution in [-0.4, -0.2) is 0 Å². The minimum Gasteiger partial charge on any atom is -0.0732 e. The third kappa shape index (κ3) is 8.12. The van der Waals surface area contributed by atoms with Crippen LogP contribution >= 0.6 is 101 Å². The van der Waals surface area contributed by atoms with Crippen molar-refractivity contribution in [1.29, 1.82) is 0 Å². The zero-order valence-corrected chi connectivity index (χ0v) is 12.5. The standard InChI is InChI=1S/C4Cl6S3/c5-1(6)3(9)11-13-12-4(10)2(7)8. The van der Waals surface area contributed by atoms with E-state index in [1.54, 1.807) is 0 Å². The zero-order chi connectivity index (χ0) is 10.4. The Hall–Kier alpha value is 2.27. The van der Waals surface area contributed by atoms with Gasteiger partial charge in [0.1, 0.15) is 17.7 Å². The third-order valence-electron chi connectivity index (χ3n) is 0.512. The first-order valence-electron chi connectivity index (χ1n) is 2.38. The molecule has 9 heteroatoms. The molecule has 0 saturated heterocycles. The molecule has 0 nitrogen and oxygen atoms in total. The Kier molecular flexibility index (Phi) is 9.90. The molecule has 0 radical (unpaired) electrons. The Morgan fingerprint density at radius 1 is 0.615 bits per heavy atom. The number of hydrogen-bond donors (Lipinski definition) is 0. The monoisotopic (exact) mass is 354 g/mol. The van der Waals surface area contributed by atoms with E-state index in [1.165, 1.54) is 9.83 Å². The van der Waals surface area contributed by atoms with E-state index in [4.69, 9.17) is 69.6 Å². The topological polar surface area (TPSA) is 0 Å². The van der Waals surface area contributed by atoms with Crippen LogP contribution in [0.1, 0.15) is 0 Å². The quantitative estimate of drug-likeness (QED) is 0.514. The molecule has 0 unspecified atom stereocenters. The zero-order valence-electron chi connectivity index (χ0n) is 5.49. The van der Waals surface area contributed by atoms with Gasteiger partial charge in [0.05, 0.1) is 0 Å². The second-order valence-corrected chi connectivity index (χ2v) is 8.32. The molecular weight excluding hydrogens is 357 g/mol. The molecule has 0 atom stereocenters. The predicted molar refractivity (Wildman–Crippen MR) is 71.9 cm³/mol. The third-order valence-corrected chi connectivity index (χ3v) is 6.96. The highest BCUT2D eigenvalue weighted by Crippen LogP contribution is 2.49. The molecule has 0 aliphatic carbocycles. The Bertz CT molecular complexity index is 204. The number of rotatable bonds is 4. The van der Waals surface area contributed by atoms with Gasteiger partial charge in [-0.25, -0.2) is 0 Å². The van der Waals surface area contributed by atoms with Crippen molar-refractivity contribution < 1.29 is 0 Å². The molecule has 0 N–H and O–H groups in total. The van der Waals surface area contributed by atoms with Crippen LogP contribution in [0, 0.1) is 0 Å². The van der Waals surface area contributed by atoms with Crippen LogP contribution in [0.15, 0.2) is 17.7 Å². The van der Waals surface area contributed by atoms with E-state index in [0.717, 1.165) is 21.6 Å². The lowest BCUT2D eigenvalue weighted by atomic mass is 11.2. The average molecular weight is 357 g/mol. The first-order chi connectivity index (χ1) is 5.95. The van der Waals surface area contributed by atoms with Gasteiger partial charge >= 0.3 is 0 Å². The minimum absolute atomic E-state index is 0.0110. The Morgan fingerprint density at radius 3 is 1.15 bits per heavy atom. The summed E-state index contributed by atoms with van der Waals surface area (Å²) < 4.78 is 0.570. The van der Waals surface area contributed by atoms with Gasteiger partial charge in [-0.2, -0.15) is 0 Å². The molecule has 13 heavy (non-hydrogen) atoms. The van der Waals surface area contributed by atoms with Gasteiger partial charge in [-0.05, 0) is 31.4 Å². The number of hydrogen-bond acceptors (Lipinski definition) is 3. The van der Waals surface area contributed by atoms with Crippen molar-refractivity contribution >= 4 is 101 Å². The Morgan fingerprint density at radius 2 is 0.923 bits per heavy atom. The lowest BCUT2D eigenvalue weighted by molar-refractivity contribution is 2.28. The fourth-order valence-corrected chi connectivity index (χ4v) is 5.16. The highest BCUT2D eigenvalue weighted by Gasteiger charge is 2.04. The summed E-state index contributed by atoms with van der Waals surface area (Å²) in [6, 6.07) is 0. The molecule has 0 amide bonds. The summed E-state index contributed by atoms with van der Waals surface area (Å²) in [5, 5.41) is 0. The van der Waals surface area contributed by atoms with Crippen molar-refractivity contribution in [2.24, 2.45) is 0 Å². The van der Waals surface area contributed by atoms with Crippen LogP contribution in [-0.2, 0) is 0 Å². The molecule has 0 spiro atoms. The van der Waals surface area contributed by atoms with Crippen LogP contribution in [0.2, 0.25) is 0 Å². The summed E-state index contributed by atoms with van der Waals surface area (Å²) in [6.07, 6.45) is 0. The normalized spacial score (nSPS) is 9.69. The Balaban J connectivity index is 3.83. The maximum Gasteiger partial charge on any atom is 0.132 e. The molecule has 0 rings (SSSR count). The molecule has 0 fully saturated rings. The molecule has 0 heterocycles. The molecule has 0 aliphatic heterocycles.